The summed E-state index contributed by atoms with van der Waals surface area (Å²) in [5, 5.41) is 10.1. The first-order valence-electron chi connectivity index (χ1n) is 7.72. The highest BCUT2D eigenvalue weighted by Gasteiger charge is 1.99. The van der Waals surface area contributed by atoms with Crippen molar-refractivity contribution in [3.05, 3.63) is 12.2 Å². The van der Waals surface area contributed by atoms with Crippen LogP contribution in [0.3, 0.4) is 0 Å². The van der Waals surface area contributed by atoms with Crippen LogP contribution in [0.25, 0.3) is 0 Å². The maximum atomic E-state index is 11.0. The fourth-order valence-electron chi connectivity index (χ4n) is 1.95. The maximum absolute atomic E-state index is 11.0. The van der Waals surface area contributed by atoms with Gasteiger partial charge in [0.25, 0.3) is 0 Å². The number of hydrogen-bond acceptors (Lipinski definition) is 3. The van der Waals surface area contributed by atoms with Crippen molar-refractivity contribution in [3.8, 4) is 0 Å². The maximum Gasteiger partial charge on any atom is 0.379 e. The van der Waals surface area contributed by atoms with Gasteiger partial charge < -0.3 is 4.74 Å². The number of esters is 1. The summed E-state index contributed by atoms with van der Waals surface area (Å²) in [5.74, 6) is -2.01. The Labute approximate surface area is 122 Å². The summed E-state index contributed by atoms with van der Waals surface area (Å²) in [6.07, 6.45) is 13.8. The molecule has 0 aromatic rings. The summed E-state index contributed by atoms with van der Waals surface area (Å²) in [5.41, 5.74) is 0. The zero-order chi connectivity index (χ0) is 15.1. The Kier molecular flexibility index (Phi) is 13.2. The topological polar surface area (TPSA) is 63.3 Å². The summed E-state index contributed by atoms with van der Waals surface area (Å²) in [6.45, 7) is 2.58. The molecule has 0 aliphatic carbocycles. The van der Waals surface area contributed by atoms with Crippen LogP contribution in [-0.2, 0) is 19.4 Å². The van der Waals surface area contributed by atoms with Gasteiger partial charge in [0.05, 0.1) is 6.61 Å². The number of carbonyl (C=O) groups is 2. The van der Waals surface area contributed by atoms with E-state index in [0.717, 1.165) is 18.9 Å². The van der Waals surface area contributed by atoms with Gasteiger partial charge in [0.1, 0.15) is 0 Å². The largest absolute Gasteiger partial charge is 0.463 e. The van der Waals surface area contributed by atoms with Crippen LogP contribution in [0.1, 0.15) is 71.1 Å². The molecule has 0 unspecified atom stereocenters. The van der Waals surface area contributed by atoms with Gasteiger partial charge in [-0.2, -0.15) is 0 Å². The van der Waals surface area contributed by atoms with Crippen LogP contribution in [0.2, 0.25) is 0 Å². The molecule has 0 fully saturated rings. The van der Waals surface area contributed by atoms with Gasteiger partial charge in [-0.1, -0.05) is 64.7 Å². The predicted octanol–water partition coefficient (Wildman–Crippen LogP) is 3.96. The minimum absolute atomic E-state index is 0.354. The summed E-state index contributed by atoms with van der Waals surface area (Å²) < 4.78 is 4.85. The lowest BCUT2D eigenvalue weighted by Gasteiger charge is -2.03. The molecule has 115 valence electrons. The van der Waals surface area contributed by atoms with Crippen molar-refractivity contribution in [3.63, 3.8) is 0 Å². The molecule has 0 aliphatic rings. The molecular formula is C16H27O4. The molecule has 0 saturated carbocycles. The molecule has 4 nitrogen and oxygen atoms in total. The van der Waals surface area contributed by atoms with Crippen LogP contribution in [-0.4, -0.2) is 18.5 Å². The van der Waals surface area contributed by atoms with Crippen molar-refractivity contribution >= 4 is 11.9 Å². The third-order valence-electron chi connectivity index (χ3n) is 3.10. The first kappa shape index (κ1) is 18.7. The molecule has 0 aliphatic heterocycles. The van der Waals surface area contributed by atoms with Crippen LogP contribution in [0.15, 0.2) is 12.2 Å². The van der Waals surface area contributed by atoms with E-state index in [1.807, 2.05) is 0 Å². The second kappa shape index (κ2) is 14.1. The van der Waals surface area contributed by atoms with Crippen molar-refractivity contribution in [2.75, 3.05) is 6.61 Å². The smallest absolute Gasteiger partial charge is 0.379 e. The Morgan fingerprint density at radius 3 is 1.80 bits per heavy atom. The summed E-state index contributed by atoms with van der Waals surface area (Å²) in [7, 11) is 0. The van der Waals surface area contributed by atoms with Gasteiger partial charge in [0.15, 0.2) is 0 Å². The highest BCUT2D eigenvalue weighted by atomic mass is 16.5. The first-order valence-corrected chi connectivity index (χ1v) is 7.72. The van der Waals surface area contributed by atoms with Crippen molar-refractivity contribution in [1.82, 2.24) is 0 Å². The molecule has 0 heterocycles. The number of hydrogen-bond donors (Lipinski definition) is 0. The van der Waals surface area contributed by atoms with Crippen molar-refractivity contribution in [2.45, 2.75) is 71.1 Å². The Hall–Kier alpha value is -1.32. The zero-order valence-electron chi connectivity index (χ0n) is 12.6. The second-order valence-corrected chi connectivity index (χ2v) is 5.00. The van der Waals surface area contributed by atoms with E-state index >= 15 is 0 Å². The second-order valence-electron chi connectivity index (χ2n) is 5.00. The van der Waals surface area contributed by atoms with E-state index in [9.17, 15) is 14.7 Å². The van der Waals surface area contributed by atoms with Gasteiger partial charge in [-0.05, 0) is 6.42 Å². The molecule has 4 heteroatoms. The zero-order valence-corrected chi connectivity index (χ0v) is 12.6. The van der Waals surface area contributed by atoms with Crippen molar-refractivity contribution in [2.24, 2.45) is 0 Å². The lowest BCUT2D eigenvalue weighted by molar-refractivity contribution is -0.140. The van der Waals surface area contributed by atoms with Crippen LogP contribution in [0.5, 0.6) is 0 Å². The summed E-state index contributed by atoms with van der Waals surface area (Å²) in [6, 6.07) is 0. The fraction of sp³-hybridized carbons (Fsp3) is 0.750. The van der Waals surface area contributed by atoms with Gasteiger partial charge in [-0.25, -0.2) is 14.7 Å². The Morgan fingerprint density at radius 2 is 1.30 bits per heavy atom. The quantitative estimate of drug-likeness (QED) is 0.292. The lowest BCUT2D eigenvalue weighted by Crippen LogP contribution is -2.03. The minimum Gasteiger partial charge on any atom is -0.463 e. The summed E-state index contributed by atoms with van der Waals surface area (Å²) >= 11 is 0. The SMILES string of the molecule is CCCCCCCCCCCCOC(=O)/C=C\C([O])=O. The molecule has 0 N–H and O–H groups in total. The van der Waals surface area contributed by atoms with E-state index in [4.69, 9.17) is 4.74 Å². The lowest BCUT2D eigenvalue weighted by atomic mass is 10.1. The van der Waals surface area contributed by atoms with E-state index in [1.54, 1.807) is 0 Å². The number of ether oxygens (including phenoxy) is 1. The molecular weight excluding hydrogens is 256 g/mol. The minimum atomic E-state index is -1.39. The Balaban J connectivity index is 3.20. The monoisotopic (exact) mass is 283 g/mol. The molecule has 20 heavy (non-hydrogen) atoms. The van der Waals surface area contributed by atoms with E-state index in [0.29, 0.717) is 12.7 Å². The van der Waals surface area contributed by atoms with Gasteiger partial charge in [0.2, 0.25) is 0 Å². The average molecular weight is 283 g/mol. The molecule has 0 spiro atoms. The number of rotatable bonds is 13. The summed E-state index contributed by atoms with van der Waals surface area (Å²) in [4.78, 5) is 21.1. The molecule has 0 bridgehead atoms. The van der Waals surface area contributed by atoms with Crippen LogP contribution in [0.4, 0.5) is 0 Å². The first-order chi connectivity index (χ1) is 9.66. The van der Waals surface area contributed by atoms with Crippen molar-refractivity contribution < 1.29 is 19.4 Å². The average Bonchev–Trinajstić information content (AvgIpc) is 2.42. The van der Waals surface area contributed by atoms with E-state index in [-0.39, 0.29) is 0 Å². The van der Waals surface area contributed by atoms with Gasteiger partial charge in [0, 0.05) is 12.2 Å². The highest BCUT2D eigenvalue weighted by Crippen LogP contribution is 2.10. The number of carbonyl (C=O) groups excluding carboxylic acids is 2. The van der Waals surface area contributed by atoms with E-state index in [1.165, 1.54) is 51.4 Å². The van der Waals surface area contributed by atoms with E-state index in [2.05, 4.69) is 6.92 Å². The molecule has 1 radical (unpaired) electrons. The van der Waals surface area contributed by atoms with Gasteiger partial charge in [-0.15, -0.1) is 0 Å². The van der Waals surface area contributed by atoms with Crippen molar-refractivity contribution in [1.29, 1.82) is 0 Å². The molecule has 0 rings (SSSR count). The van der Waals surface area contributed by atoms with Crippen LogP contribution < -0.4 is 0 Å². The third kappa shape index (κ3) is 14.7. The number of unbranched alkanes of at least 4 members (excludes halogenated alkanes) is 9. The van der Waals surface area contributed by atoms with Gasteiger partial charge >= 0.3 is 11.9 Å². The molecule has 0 atom stereocenters. The molecule has 0 amide bonds. The molecule has 0 aromatic heterocycles. The Morgan fingerprint density at radius 1 is 0.800 bits per heavy atom. The van der Waals surface area contributed by atoms with E-state index < -0.39 is 11.9 Å². The predicted molar refractivity (Wildman–Crippen MR) is 77.6 cm³/mol. The standard InChI is InChI=1S/C16H27O4/c1-2-3-4-5-6-7-8-9-10-11-14-20-16(19)13-12-15(17)18/h12-13H,2-11,14H2,1H3/b13-12-. The van der Waals surface area contributed by atoms with Crippen LogP contribution in [0, 0.1) is 0 Å². The molecule has 0 aromatic carbocycles. The highest BCUT2D eigenvalue weighted by molar-refractivity contribution is 5.90. The third-order valence-corrected chi connectivity index (χ3v) is 3.10. The Bertz CT molecular complexity index is 284. The molecule has 0 saturated heterocycles. The van der Waals surface area contributed by atoms with Crippen LogP contribution >= 0.6 is 0 Å². The van der Waals surface area contributed by atoms with Gasteiger partial charge in [-0.3, -0.25) is 0 Å². The normalized spacial score (nSPS) is 10.8. The fourth-order valence-corrected chi connectivity index (χ4v) is 1.95.